The Morgan fingerprint density at radius 1 is 1.14 bits per heavy atom. The Morgan fingerprint density at radius 3 is 2.41 bits per heavy atom. The number of H-pyrrole nitrogens is 1. The van der Waals surface area contributed by atoms with Gasteiger partial charge in [0.25, 0.3) is 0 Å². The molecule has 1 saturated carbocycles. The minimum absolute atomic E-state index is 0.0358. The quantitative estimate of drug-likeness (QED) is 0.525. The number of aryl methyl sites for hydroxylation is 1. The van der Waals surface area contributed by atoms with Crippen LogP contribution >= 0.6 is 0 Å². The van der Waals surface area contributed by atoms with E-state index in [9.17, 15) is 18.3 Å². The summed E-state index contributed by atoms with van der Waals surface area (Å²) in [7, 11) is -2.39. The fraction of sp³-hybridized carbons (Fsp3) is 0.462. The van der Waals surface area contributed by atoms with Crippen LogP contribution in [0.1, 0.15) is 67.3 Å². The summed E-state index contributed by atoms with van der Waals surface area (Å²) in [6.45, 7) is 3.05. The maximum absolute atomic E-state index is 15.6. The number of aliphatic hydroxyl groups is 1. The molecule has 1 saturated heterocycles. The highest BCUT2D eigenvalue weighted by molar-refractivity contribution is 7.89. The molecule has 2 aromatic carbocycles. The number of hydrogen-bond donors (Lipinski definition) is 2. The van der Waals surface area contributed by atoms with Crippen LogP contribution in [0, 0.1) is 11.6 Å². The van der Waals surface area contributed by atoms with Crippen molar-refractivity contribution in [3.05, 3.63) is 87.1 Å². The molecule has 1 aliphatic heterocycles. The third-order valence-corrected chi connectivity index (χ3v) is 10.1. The van der Waals surface area contributed by atoms with Crippen LogP contribution < -0.4 is 5.69 Å². The van der Waals surface area contributed by atoms with Gasteiger partial charge in [-0.3, -0.25) is 4.98 Å². The fourth-order valence-corrected chi connectivity index (χ4v) is 8.14. The van der Waals surface area contributed by atoms with Crippen LogP contribution in [0.5, 0.6) is 0 Å². The van der Waals surface area contributed by atoms with Gasteiger partial charge in [-0.1, -0.05) is 30.3 Å². The fourth-order valence-electron chi connectivity index (χ4n) is 5.95. The molecule has 8 nitrogen and oxygen atoms in total. The molecule has 2 heterocycles. The van der Waals surface area contributed by atoms with E-state index in [1.807, 2.05) is 6.07 Å². The van der Waals surface area contributed by atoms with Gasteiger partial charge in [-0.2, -0.15) is 9.40 Å². The molecule has 2 fully saturated rings. The summed E-state index contributed by atoms with van der Waals surface area (Å²) in [5, 5.41) is 13.9. The zero-order valence-electron chi connectivity index (χ0n) is 20.9. The van der Waals surface area contributed by atoms with Crippen LogP contribution in [0.3, 0.4) is 0 Å². The van der Waals surface area contributed by atoms with Crippen LogP contribution in [0.25, 0.3) is 0 Å². The van der Waals surface area contributed by atoms with Crippen molar-refractivity contribution >= 4 is 10.0 Å². The highest BCUT2D eigenvalue weighted by Crippen LogP contribution is 2.54. The largest absolute Gasteiger partial charge is 0.390 e. The lowest BCUT2D eigenvalue weighted by Gasteiger charge is -2.50. The molecule has 2 unspecified atom stereocenters. The Labute approximate surface area is 214 Å². The molecule has 0 bridgehead atoms. The van der Waals surface area contributed by atoms with Crippen molar-refractivity contribution in [2.45, 2.75) is 68.4 Å². The van der Waals surface area contributed by atoms with E-state index >= 15 is 8.78 Å². The normalized spacial score (nSPS) is 29.7. The standard InChI is InChI=1S/C26H30F2N4O4S/c1-16-9-10-22(17-7-5-4-6-8-17)37(35,36)32(16)13-18-11-21(28)19(12-20(18)27)26(14-25(2,34)15-26)23-29-24(33)31(3)30-23/h4-8,11-12,16,22,34H,9-10,13-15H2,1-3H3,(H,29,30,33). The molecule has 0 radical (unpaired) electrons. The molecule has 2 aliphatic rings. The maximum Gasteiger partial charge on any atom is 0.343 e. The summed E-state index contributed by atoms with van der Waals surface area (Å²) >= 11 is 0. The van der Waals surface area contributed by atoms with Crippen LogP contribution in [-0.2, 0) is 29.0 Å². The lowest BCUT2D eigenvalue weighted by Crippen LogP contribution is -2.54. The van der Waals surface area contributed by atoms with Gasteiger partial charge >= 0.3 is 5.69 Å². The Balaban J connectivity index is 1.50. The number of nitrogens with zero attached hydrogens (tertiary/aromatic N) is 3. The van der Waals surface area contributed by atoms with Crippen molar-refractivity contribution in [3.63, 3.8) is 0 Å². The third kappa shape index (κ3) is 4.32. The van der Waals surface area contributed by atoms with Crippen molar-refractivity contribution in [2.75, 3.05) is 0 Å². The molecule has 2 N–H and O–H groups in total. The Morgan fingerprint density at radius 2 is 1.81 bits per heavy atom. The summed E-state index contributed by atoms with van der Waals surface area (Å²) < 4.78 is 60.5. The topological polar surface area (TPSA) is 108 Å². The van der Waals surface area contributed by atoms with Gasteiger partial charge in [0.15, 0.2) is 0 Å². The molecule has 3 aromatic rings. The zero-order valence-corrected chi connectivity index (χ0v) is 21.7. The summed E-state index contributed by atoms with van der Waals surface area (Å²) in [4.78, 5) is 14.6. The van der Waals surface area contributed by atoms with Gasteiger partial charge in [-0.25, -0.2) is 26.7 Å². The first-order valence-corrected chi connectivity index (χ1v) is 13.7. The van der Waals surface area contributed by atoms with Crippen LogP contribution in [0.15, 0.2) is 47.3 Å². The van der Waals surface area contributed by atoms with E-state index in [0.29, 0.717) is 18.4 Å². The summed E-state index contributed by atoms with van der Waals surface area (Å²) in [6.07, 6.45) is 1.12. The van der Waals surface area contributed by atoms with Crippen LogP contribution in [-0.4, -0.2) is 44.2 Å². The first-order chi connectivity index (χ1) is 17.3. The molecule has 37 heavy (non-hydrogen) atoms. The van der Waals surface area contributed by atoms with Gasteiger partial charge in [0, 0.05) is 30.8 Å². The van der Waals surface area contributed by atoms with E-state index in [0.717, 1.165) is 16.8 Å². The monoisotopic (exact) mass is 532 g/mol. The van der Waals surface area contributed by atoms with Gasteiger partial charge in [0.2, 0.25) is 10.0 Å². The van der Waals surface area contributed by atoms with E-state index in [2.05, 4.69) is 10.1 Å². The molecule has 198 valence electrons. The van der Waals surface area contributed by atoms with Crippen LogP contribution in [0.4, 0.5) is 8.78 Å². The summed E-state index contributed by atoms with van der Waals surface area (Å²) in [6, 6.07) is 10.6. The van der Waals surface area contributed by atoms with Gasteiger partial charge in [0.05, 0.1) is 11.0 Å². The smallest absolute Gasteiger partial charge is 0.343 e. The van der Waals surface area contributed by atoms with Gasteiger partial charge < -0.3 is 5.11 Å². The van der Waals surface area contributed by atoms with Crippen molar-refractivity contribution in [3.8, 4) is 0 Å². The highest BCUT2D eigenvalue weighted by atomic mass is 32.2. The highest BCUT2D eigenvalue weighted by Gasteiger charge is 2.56. The van der Waals surface area contributed by atoms with Crippen molar-refractivity contribution in [1.82, 2.24) is 19.1 Å². The van der Waals surface area contributed by atoms with E-state index in [1.54, 1.807) is 38.1 Å². The molecule has 1 aliphatic carbocycles. The number of benzene rings is 2. The average Bonchev–Trinajstić information content (AvgIpc) is 3.15. The average molecular weight is 533 g/mol. The summed E-state index contributed by atoms with van der Waals surface area (Å²) in [5.74, 6) is -1.36. The first kappa shape index (κ1) is 25.7. The zero-order chi connectivity index (χ0) is 26.8. The van der Waals surface area contributed by atoms with Gasteiger partial charge in [-0.05, 0) is 57.2 Å². The molecule has 0 spiro atoms. The first-order valence-electron chi connectivity index (χ1n) is 12.2. The predicted octanol–water partition coefficient (Wildman–Crippen LogP) is 3.27. The number of aromatic amines is 1. The molecule has 1 aromatic heterocycles. The predicted molar refractivity (Wildman–Crippen MR) is 133 cm³/mol. The lowest BCUT2D eigenvalue weighted by molar-refractivity contribution is -0.0649. The Bertz CT molecular complexity index is 1490. The Kier molecular flexibility index (Phi) is 6.16. The molecular formula is C26H30F2N4O4S. The van der Waals surface area contributed by atoms with Crippen molar-refractivity contribution in [2.24, 2.45) is 7.05 Å². The minimum Gasteiger partial charge on any atom is -0.390 e. The maximum atomic E-state index is 15.6. The molecule has 5 rings (SSSR count). The van der Waals surface area contributed by atoms with Crippen molar-refractivity contribution < 1.29 is 22.3 Å². The second kappa shape index (κ2) is 8.85. The minimum atomic E-state index is -3.83. The number of halogens is 2. The molecule has 11 heteroatoms. The third-order valence-electron chi connectivity index (χ3n) is 7.76. The van der Waals surface area contributed by atoms with E-state index in [-0.39, 0.29) is 42.4 Å². The van der Waals surface area contributed by atoms with E-state index in [1.165, 1.54) is 11.4 Å². The summed E-state index contributed by atoms with van der Waals surface area (Å²) in [5.41, 5.74) is -2.30. The second-order valence-corrected chi connectivity index (χ2v) is 12.7. The SMILES string of the molecule is CC1CCC(c2ccccc2)S(=O)(=O)N1Cc1cc(F)c(C2(c3nn(C)c(=O)[nH]3)CC(C)(O)C2)cc1F. The number of sulfonamides is 1. The van der Waals surface area contributed by atoms with Gasteiger partial charge in [0.1, 0.15) is 22.7 Å². The van der Waals surface area contributed by atoms with E-state index < -0.39 is 43.6 Å². The number of aromatic nitrogens is 3. The van der Waals surface area contributed by atoms with Gasteiger partial charge in [-0.15, -0.1) is 0 Å². The number of hydrogen-bond acceptors (Lipinski definition) is 5. The second-order valence-electron chi connectivity index (χ2n) is 10.7. The van der Waals surface area contributed by atoms with Crippen LogP contribution in [0.2, 0.25) is 0 Å². The van der Waals surface area contributed by atoms with E-state index in [4.69, 9.17) is 0 Å². The molecule has 2 atom stereocenters. The number of nitrogens with one attached hydrogen (secondary N) is 1. The molecule has 0 amide bonds. The lowest BCUT2D eigenvalue weighted by atomic mass is 9.56. The number of rotatable bonds is 5. The molecular weight excluding hydrogens is 502 g/mol. The Hall–Kier alpha value is -2.89. The van der Waals surface area contributed by atoms with Crippen molar-refractivity contribution in [1.29, 1.82) is 0 Å².